The average Bonchev–Trinajstić information content (AvgIpc) is 2.01. The average molecular weight is 211 g/mol. The molecule has 1 nitrogen and oxygen atoms in total. The fourth-order valence-corrected chi connectivity index (χ4v) is 1.31. The largest absolute Gasteiger partial charge is 0.390 e. The molecule has 0 aliphatic heterocycles. The van der Waals surface area contributed by atoms with Crippen molar-refractivity contribution in [1.29, 1.82) is 0 Å². The molecule has 1 N–H and O–H groups in total. The molecule has 0 aliphatic rings. The lowest BCUT2D eigenvalue weighted by Crippen LogP contribution is -2.31. The maximum atomic E-state index is 11.8. The Hall–Kier alpha value is -0.250. The van der Waals surface area contributed by atoms with Crippen LogP contribution in [0, 0.1) is 5.92 Å². The quantitative estimate of drug-likeness (QED) is 0.710. The van der Waals surface area contributed by atoms with Crippen molar-refractivity contribution in [2.45, 2.75) is 52.3 Å². The van der Waals surface area contributed by atoms with E-state index >= 15 is 0 Å². The van der Waals surface area contributed by atoms with Crippen molar-refractivity contribution >= 4 is 0 Å². The summed E-state index contributed by atoms with van der Waals surface area (Å²) >= 11 is 0. The molecular formula is C10H20F3N. The molecule has 0 aromatic rings. The summed E-state index contributed by atoms with van der Waals surface area (Å²) in [5.41, 5.74) is 0. The van der Waals surface area contributed by atoms with Crippen LogP contribution in [0.4, 0.5) is 13.2 Å². The Bertz CT molecular complexity index is 145. The van der Waals surface area contributed by atoms with E-state index in [9.17, 15) is 13.2 Å². The van der Waals surface area contributed by atoms with Gasteiger partial charge in [0.25, 0.3) is 0 Å². The second-order valence-corrected chi connectivity index (χ2v) is 3.97. The maximum absolute atomic E-state index is 11.8. The highest BCUT2D eigenvalue weighted by Gasteiger charge is 2.26. The van der Waals surface area contributed by atoms with Crippen LogP contribution in [0.5, 0.6) is 0 Å². The van der Waals surface area contributed by atoms with Gasteiger partial charge in [0.15, 0.2) is 0 Å². The topological polar surface area (TPSA) is 12.0 Å². The van der Waals surface area contributed by atoms with Crippen molar-refractivity contribution in [3.63, 3.8) is 0 Å². The highest BCUT2D eigenvalue weighted by atomic mass is 19.4. The second kappa shape index (κ2) is 6.27. The summed E-state index contributed by atoms with van der Waals surface area (Å²) in [6.45, 7) is 6.17. The Balaban J connectivity index is 3.49. The first kappa shape index (κ1) is 13.8. The summed E-state index contributed by atoms with van der Waals surface area (Å²) in [6, 6.07) is 0.173. The highest BCUT2D eigenvalue weighted by molar-refractivity contribution is 4.65. The molecular weight excluding hydrogens is 191 g/mol. The van der Waals surface area contributed by atoms with Crippen molar-refractivity contribution < 1.29 is 13.2 Å². The van der Waals surface area contributed by atoms with Crippen LogP contribution in [0.1, 0.15) is 40.0 Å². The number of nitrogens with one attached hydrogen (secondary N) is 1. The Morgan fingerprint density at radius 3 is 2.21 bits per heavy atom. The van der Waals surface area contributed by atoms with Gasteiger partial charge in [0.1, 0.15) is 0 Å². The van der Waals surface area contributed by atoms with E-state index in [0.29, 0.717) is 5.92 Å². The van der Waals surface area contributed by atoms with Gasteiger partial charge in [-0.15, -0.1) is 0 Å². The Labute approximate surface area is 84.1 Å². The van der Waals surface area contributed by atoms with Crippen molar-refractivity contribution in [2.24, 2.45) is 5.92 Å². The number of alkyl halides is 3. The van der Waals surface area contributed by atoms with Gasteiger partial charge in [-0.3, -0.25) is 0 Å². The molecule has 0 fully saturated rings. The molecule has 0 bridgehead atoms. The van der Waals surface area contributed by atoms with Gasteiger partial charge in [0.2, 0.25) is 0 Å². The molecule has 0 saturated carbocycles. The van der Waals surface area contributed by atoms with Gasteiger partial charge in [-0.2, -0.15) is 13.2 Å². The normalized spacial score (nSPS) is 16.7. The van der Waals surface area contributed by atoms with Crippen LogP contribution in [0.2, 0.25) is 0 Å². The van der Waals surface area contributed by atoms with Crippen LogP contribution >= 0.6 is 0 Å². The molecule has 0 heterocycles. The predicted molar refractivity (Wildman–Crippen MR) is 52.2 cm³/mol. The molecule has 0 rings (SSSR count). The monoisotopic (exact) mass is 211 g/mol. The number of hydrogen-bond donors (Lipinski definition) is 1. The smallest absolute Gasteiger partial charge is 0.314 e. The van der Waals surface area contributed by atoms with Crippen LogP contribution in [0.15, 0.2) is 0 Å². The van der Waals surface area contributed by atoms with Crippen molar-refractivity contribution in [3.05, 3.63) is 0 Å². The first-order valence-corrected chi connectivity index (χ1v) is 5.15. The number of halogens is 3. The second-order valence-electron chi connectivity index (χ2n) is 3.97. The predicted octanol–water partition coefficient (Wildman–Crippen LogP) is 3.35. The molecule has 2 unspecified atom stereocenters. The summed E-state index contributed by atoms with van der Waals surface area (Å²) in [6.07, 6.45) is -2.76. The van der Waals surface area contributed by atoms with Crippen molar-refractivity contribution in [3.8, 4) is 0 Å². The molecule has 0 radical (unpaired) electrons. The zero-order chi connectivity index (χ0) is 11.2. The summed E-state index contributed by atoms with van der Waals surface area (Å²) in [4.78, 5) is 0. The van der Waals surface area contributed by atoms with E-state index in [0.717, 1.165) is 12.8 Å². The summed E-state index contributed by atoms with van der Waals surface area (Å²) in [5.74, 6) is 0.573. The highest BCUT2D eigenvalue weighted by Crippen LogP contribution is 2.18. The van der Waals surface area contributed by atoms with Crippen molar-refractivity contribution in [1.82, 2.24) is 5.32 Å². The minimum Gasteiger partial charge on any atom is -0.314 e. The number of rotatable bonds is 6. The van der Waals surface area contributed by atoms with Crippen molar-refractivity contribution in [2.75, 3.05) is 6.54 Å². The van der Waals surface area contributed by atoms with Crippen LogP contribution < -0.4 is 5.32 Å². The van der Waals surface area contributed by atoms with E-state index in [-0.39, 0.29) is 12.6 Å². The third kappa shape index (κ3) is 8.35. The summed E-state index contributed by atoms with van der Waals surface area (Å²) < 4.78 is 35.4. The van der Waals surface area contributed by atoms with E-state index in [4.69, 9.17) is 0 Å². The molecule has 0 aliphatic carbocycles. The van der Waals surface area contributed by atoms with Gasteiger partial charge in [-0.05, 0) is 19.3 Å². The molecule has 0 amide bonds. The van der Waals surface area contributed by atoms with Crippen LogP contribution in [-0.4, -0.2) is 18.8 Å². The van der Waals surface area contributed by atoms with Gasteiger partial charge in [-0.25, -0.2) is 0 Å². The zero-order valence-electron chi connectivity index (χ0n) is 9.12. The fraction of sp³-hybridized carbons (Fsp3) is 1.00. The lowest BCUT2D eigenvalue weighted by molar-refractivity contribution is -0.133. The number of hydrogen-bond acceptors (Lipinski definition) is 1. The van der Waals surface area contributed by atoms with Gasteiger partial charge in [0.05, 0.1) is 6.42 Å². The lowest BCUT2D eigenvalue weighted by Gasteiger charge is -2.17. The van der Waals surface area contributed by atoms with Crippen LogP contribution in [0.25, 0.3) is 0 Å². The minimum absolute atomic E-state index is 0.0289. The summed E-state index contributed by atoms with van der Waals surface area (Å²) in [7, 11) is 0. The third-order valence-electron chi connectivity index (χ3n) is 2.35. The molecule has 4 heteroatoms. The van der Waals surface area contributed by atoms with E-state index in [1.165, 1.54) is 0 Å². The first-order valence-electron chi connectivity index (χ1n) is 5.15. The SMILES string of the molecule is CCC(C)CC(C)NCCC(F)(F)F. The zero-order valence-corrected chi connectivity index (χ0v) is 9.12. The molecule has 86 valence electrons. The molecule has 14 heavy (non-hydrogen) atoms. The van der Waals surface area contributed by atoms with Crippen LogP contribution in [-0.2, 0) is 0 Å². The van der Waals surface area contributed by atoms with Gasteiger partial charge in [-0.1, -0.05) is 20.3 Å². The van der Waals surface area contributed by atoms with E-state index in [1.807, 2.05) is 6.92 Å². The van der Waals surface area contributed by atoms with Gasteiger partial charge >= 0.3 is 6.18 Å². The Kier molecular flexibility index (Phi) is 6.16. The first-order chi connectivity index (χ1) is 6.35. The fourth-order valence-electron chi connectivity index (χ4n) is 1.31. The standard InChI is InChI=1S/C10H20F3N/c1-4-8(2)7-9(3)14-6-5-10(11,12)13/h8-9,14H,4-7H2,1-3H3. The molecule has 0 aromatic carbocycles. The maximum Gasteiger partial charge on any atom is 0.390 e. The third-order valence-corrected chi connectivity index (χ3v) is 2.35. The van der Waals surface area contributed by atoms with E-state index in [2.05, 4.69) is 19.2 Å². The van der Waals surface area contributed by atoms with Gasteiger partial charge < -0.3 is 5.32 Å². The van der Waals surface area contributed by atoms with Gasteiger partial charge in [0, 0.05) is 12.6 Å². The Morgan fingerprint density at radius 2 is 1.79 bits per heavy atom. The summed E-state index contributed by atoms with van der Waals surface area (Å²) in [5, 5.41) is 2.88. The lowest BCUT2D eigenvalue weighted by atomic mass is 10.0. The van der Waals surface area contributed by atoms with E-state index in [1.54, 1.807) is 0 Å². The minimum atomic E-state index is -4.04. The molecule has 0 saturated heterocycles. The molecule has 0 spiro atoms. The van der Waals surface area contributed by atoms with E-state index < -0.39 is 12.6 Å². The Morgan fingerprint density at radius 1 is 1.21 bits per heavy atom. The molecule has 2 atom stereocenters. The molecule has 0 aromatic heterocycles. The van der Waals surface area contributed by atoms with Crippen LogP contribution in [0.3, 0.4) is 0 Å².